The molecule has 0 saturated carbocycles. The van der Waals surface area contributed by atoms with E-state index in [1.807, 2.05) is 26.0 Å². The van der Waals surface area contributed by atoms with E-state index in [0.29, 0.717) is 11.4 Å². The van der Waals surface area contributed by atoms with Gasteiger partial charge in [0.15, 0.2) is 0 Å². The van der Waals surface area contributed by atoms with Crippen molar-refractivity contribution in [2.75, 3.05) is 18.0 Å². The molecule has 0 heterocycles. The average Bonchev–Trinajstić information content (AvgIpc) is 2.57. The molecule has 0 aliphatic rings. The van der Waals surface area contributed by atoms with Crippen molar-refractivity contribution in [1.82, 2.24) is 0 Å². The Bertz CT molecular complexity index is 911. The van der Waals surface area contributed by atoms with Crippen molar-refractivity contribution in [3.05, 3.63) is 64.2 Å². The Balaban J connectivity index is 2.62. The summed E-state index contributed by atoms with van der Waals surface area (Å²) in [6.45, 7) is 7.65. The van der Waals surface area contributed by atoms with Crippen LogP contribution in [0, 0.1) is 13.8 Å². The number of ether oxygens (including phenoxy) is 1. The molecule has 0 fully saturated rings. The number of sulfonamides is 1. The van der Waals surface area contributed by atoms with Crippen LogP contribution in [-0.2, 0) is 10.0 Å². The van der Waals surface area contributed by atoms with Crippen molar-refractivity contribution >= 4 is 38.9 Å². The normalized spacial score (nSPS) is 11.2. The predicted molar refractivity (Wildman–Crippen MR) is 104 cm³/mol. The smallest absolute Gasteiger partial charge is 0.266 e. The molecule has 0 amide bonds. The fourth-order valence-electron chi connectivity index (χ4n) is 2.33. The molecule has 0 bridgehead atoms. The number of rotatable bonds is 6. The number of benzene rings is 2. The summed E-state index contributed by atoms with van der Waals surface area (Å²) in [5.41, 5.74) is 2.59. The highest BCUT2D eigenvalue weighted by molar-refractivity contribution is 7.93. The SMILES string of the molecule is C=CCN(c1ccc(C)c(C)c1)S(=O)(=O)c1ccc(OC)c(Cl)c1Cl. The molecule has 0 unspecified atom stereocenters. The highest BCUT2D eigenvalue weighted by Crippen LogP contribution is 2.38. The molecule has 2 aromatic rings. The Kier molecular flexibility index (Phi) is 6.03. The van der Waals surface area contributed by atoms with E-state index in [4.69, 9.17) is 27.9 Å². The van der Waals surface area contributed by atoms with Gasteiger partial charge >= 0.3 is 0 Å². The Morgan fingerprint density at radius 2 is 1.80 bits per heavy atom. The Morgan fingerprint density at radius 1 is 1.12 bits per heavy atom. The van der Waals surface area contributed by atoms with Gasteiger partial charge in [-0.2, -0.15) is 0 Å². The summed E-state index contributed by atoms with van der Waals surface area (Å²) in [6.07, 6.45) is 1.52. The molecular weight excluding hydrogens is 381 g/mol. The fraction of sp³-hybridized carbons (Fsp3) is 0.222. The molecule has 2 rings (SSSR count). The molecule has 7 heteroatoms. The van der Waals surface area contributed by atoms with Crippen LogP contribution in [0.5, 0.6) is 5.75 Å². The topological polar surface area (TPSA) is 46.6 Å². The lowest BCUT2D eigenvalue weighted by atomic mass is 10.1. The predicted octanol–water partition coefficient (Wildman–Crippen LogP) is 5.00. The molecule has 0 radical (unpaired) electrons. The fourth-order valence-corrected chi connectivity index (χ4v) is 4.58. The lowest BCUT2D eigenvalue weighted by molar-refractivity contribution is 0.414. The molecule has 0 saturated heterocycles. The molecule has 2 aromatic carbocycles. The van der Waals surface area contributed by atoms with Gasteiger partial charge in [0.05, 0.1) is 24.4 Å². The highest BCUT2D eigenvalue weighted by Gasteiger charge is 2.28. The minimum Gasteiger partial charge on any atom is -0.495 e. The van der Waals surface area contributed by atoms with Gasteiger partial charge in [0.1, 0.15) is 15.7 Å². The molecule has 0 aliphatic heterocycles. The summed E-state index contributed by atoms with van der Waals surface area (Å²) >= 11 is 12.3. The molecule has 0 atom stereocenters. The van der Waals surface area contributed by atoms with Crippen molar-refractivity contribution in [2.24, 2.45) is 0 Å². The molecule has 0 aromatic heterocycles. The van der Waals surface area contributed by atoms with Gasteiger partial charge in [-0.15, -0.1) is 6.58 Å². The van der Waals surface area contributed by atoms with Crippen LogP contribution in [-0.4, -0.2) is 22.1 Å². The van der Waals surface area contributed by atoms with Gasteiger partial charge < -0.3 is 4.74 Å². The quantitative estimate of drug-likeness (QED) is 0.641. The molecule has 0 N–H and O–H groups in total. The van der Waals surface area contributed by atoms with Crippen molar-refractivity contribution < 1.29 is 13.2 Å². The lowest BCUT2D eigenvalue weighted by Crippen LogP contribution is -2.31. The van der Waals surface area contributed by atoms with E-state index in [9.17, 15) is 8.42 Å². The minimum absolute atomic E-state index is 0.0591. The zero-order valence-electron chi connectivity index (χ0n) is 14.2. The van der Waals surface area contributed by atoms with Gasteiger partial charge in [-0.1, -0.05) is 35.3 Å². The summed E-state index contributed by atoms with van der Waals surface area (Å²) in [7, 11) is -2.50. The van der Waals surface area contributed by atoms with Gasteiger partial charge in [-0.25, -0.2) is 8.42 Å². The first-order valence-electron chi connectivity index (χ1n) is 7.47. The van der Waals surface area contributed by atoms with E-state index in [2.05, 4.69) is 6.58 Å². The second-order valence-corrected chi connectivity index (χ2v) is 8.07. The molecular formula is C18H19Cl2NO3S. The van der Waals surface area contributed by atoms with Crippen LogP contribution in [0.1, 0.15) is 11.1 Å². The summed E-state index contributed by atoms with van der Waals surface area (Å²) in [5, 5.41) is -0.0113. The Hall–Kier alpha value is -1.69. The maximum atomic E-state index is 13.2. The maximum Gasteiger partial charge on any atom is 0.266 e. The highest BCUT2D eigenvalue weighted by atomic mass is 35.5. The van der Waals surface area contributed by atoms with E-state index in [1.54, 1.807) is 6.07 Å². The number of aryl methyl sites for hydroxylation is 2. The Morgan fingerprint density at radius 3 is 2.36 bits per heavy atom. The molecule has 0 spiro atoms. The van der Waals surface area contributed by atoms with Gasteiger partial charge in [0.25, 0.3) is 10.0 Å². The first-order valence-corrected chi connectivity index (χ1v) is 9.66. The summed E-state index contributed by atoms with van der Waals surface area (Å²) in [4.78, 5) is -0.0833. The molecule has 134 valence electrons. The monoisotopic (exact) mass is 399 g/mol. The van der Waals surface area contributed by atoms with Crippen molar-refractivity contribution in [3.8, 4) is 5.75 Å². The number of hydrogen-bond donors (Lipinski definition) is 0. The summed E-state index contributed by atoms with van der Waals surface area (Å²) < 4.78 is 32.7. The minimum atomic E-state index is -3.93. The zero-order valence-corrected chi connectivity index (χ0v) is 16.5. The third kappa shape index (κ3) is 3.78. The number of methoxy groups -OCH3 is 1. The van der Waals surface area contributed by atoms with E-state index in [0.717, 1.165) is 11.1 Å². The third-order valence-electron chi connectivity index (χ3n) is 3.87. The molecule has 25 heavy (non-hydrogen) atoms. The molecule has 4 nitrogen and oxygen atoms in total. The largest absolute Gasteiger partial charge is 0.495 e. The van der Waals surface area contributed by atoms with Crippen molar-refractivity contribution in [3.63, 3.8) is 0 Å². The Labute approximate surface area is 158 Å². The second-order valence-electron chi connectivity index (χ2n) is 5.49. The first-order chi connectivity index (χ1) is 11.7. The average molecular weight is 400 g/mol. The standard InChI is InChI=1S/C18H19Cl2NO3S/c1-5-10-21(14-7-6-12(2)13(3)11-14)25(22,23)16-9-8-15(24-4)17(19)18(16)20/h5-9,11H,1,10H2,2-4H3. The zero-order chi connectivity index (χ0) is 18.8. The van der Waals surface area contributed by atoms with Crippen LogP contribution in [0.3, 0.4) is 0 Å². The van der Waals surface area contributed by atoms with E-state index in [1.165, 1.54) is 29.6 Å². The van der Waals surface area contributed by atoms with E-state index < -0.39 is 10.0 Å². The van der Waals surface area contributed by atoms with Crippen LogP contribution >= 0.6 is 23.2 Å². The summed E-state index contributed by atoms with van der Waals surface area (Å²) in [6, 6.07) is 8.31. The van der Waals surface area contributed by atoms with Crippen LogP contribution in [0.25, 0.3) is 0 Å². The van der Waals surface area contributed by atoms with Gasteiger partial charge in [0.2, 0.25) is 0 Å². The van der Waals surface area contributed by atoms with Crippen LogP contribution in [0.4, 0.5) is 5.69 Å². The lowest BCUT2D eigenvalue weighted by Gasteiger charge is -2.24. The summed E-state index contributed by atoms with van der Waals surface area (Å²) in [5.74, 6) is 0.312. The first kappa shape index (κ1) is 19.6. The van der Waals surface area contributed by atoms with Crippen LogP contribution in [0.15, 0.2) is 47.9 Å². The third-order valence-corrected chi connectivity index (χ3v) is 6.69. The molecule has 0 aliphatic carbocycles. The van der Waals surface area contributed by atoms with Crippen LogP contribution < -0.4 is 9.04 Å². The van der Waals surface area contributed by atoms with Crippen molar-refractivity contribution in [1.29, 1.82) is 0 Å². The van der Waals surface area contributed by atoms with E-state index in [-0.39, 0.29) is 21.5 Å². The maximum absolute atomic E-state index is 13.2. The number of anilines is 1. The second kappa shape index (κ2) is 7.68. The van der Waals surface area contributed by atoms with Crippen molar-refractivity contribution in [2.45, 2.75) is 18.7 Å². The number of nitrogens with zero attached hydrogens (tertiary/aromatic N) is 1. The number of halogens is 2. The van der Waals surface area contributed by atoms with E-state index >= 15 is 0 Å². The number of hydrogen-bond acceptors (Lipinski definition) is 3. The van der Waals surface area contributed by atoms with Gasteiger partial charge in [-0.3, -0.25) is 4.31 Å². The van der Waals surface area contributed by atoms with Crippen LogP contribution in [0.2, 0.25) is 10.0 Å². The van der Waals surface area contributed by atoms with Gasteiger partial charge in [-0.05, 0) is 49.2 Å². The van der Waals surface area contributed by atoms with Gasteiger partial charge in [0, 0.05) is 0 Å².